The molecular formula is C18H28F3IN4O. The molecule has 1 fully saturated rings. The van der Waals surface area contributed by atoms with Crippen LogP contribution < -0.4 is 15.4 Å². The van der Waals surface area contributed by atoms with Crippen molar-refractivity contribution in [2.45, 2.75) is 32.0 Å². The van der Waals surface area contributed by atoms with Gasteiger partial charge in [0, 0.05) is 32.2 Å². The van der Waals surface area contributed by atoms with Crippen molar-refractivity contribution >= 4 is 29.9 Å². The maximum atomic E-state index is 12.5. The normalized spacial score (nSPS) is 18.1. The summed E-state index contributed by atoms with van der Waals surface area (Å²) in [5, 5.41) is 6.40. The predicted octanol–water partition coefficient (Wildman–Crippen LogP) is 3.05. The summed E-state index contributed by atoms with van der Waals surface area (Å²) in [5.41, 5.74) is 1.13. The summed E-state index contributed by atoms with van der Waals surface area (Å²) in [5.74, 6) is 1.46. The fourth-order valence-corrected chi connectivity index (χ4v) is 2.99. The molecule has 27 heavy (non-hydrogen) atoms. The number of alkyl halides is 3. The van der Waals surface area contributed by atoms with Crippen LogP contribution in [-0.4, -0.2) is 62.9 Å². The minimum atomic E-state index is -4.15. The first-order chi connectivity index (χ1) is 12.4. The van der Waals surface area contributed by atoms with E-state index in [9.17, 15) is 13.2 Å². The number of nitrogens with zero attached hydrogens (tertiary/aromatic N) is 2. The number of benzene rings is 1. The molecule has 0 bridgehead atoms. The van der Waals surface area contributed by atoms with Gasteiger partial charge in [-0.3, -0.25) is 9.89 Å². The van der Waals surface area contributed by atoms with Gasteiger partial charge >= 0.3 is 6.18 Å². The molecule has 9 heteroatoms. The number of rotatable bonds is 7. The van der Waals surface area contributed by atoms with Crippen molar-refractivity contribution in [2.75, 3.05) is 39.8 Å². The Hall–Kier alpha value is -1.23. The highest BCUT2D eigenvalue weighted by Gasteiger charge is 2.34. The minimum Gasteiger partial charge on any atom is -0.497 e. The molecule has 1 aromatic carbocycles. The summed E-state index contributed by atoms with van der Waals surface area (Å²) in [6, 6.07) is 7.80. The molecule has 1 aliphatic rings. The molecule has 1 aliphatic heterocycles. The average Bonchev–Trinajstić information content (AvgIpc) is 3.00. The highest BCUT2D eigenvalue weighted by atomic mass is 127. The molecule has 2 rings (SSSR count). The lowest BCUT2D eigenvalue weighted by Crippen LogP contribution is -2.45. The van der Waals surface area contributed by atoms with Crippen molar-refractivity contribution in [2.24, 2.45) is 4.99 Å². The van der Waals surface area contributed by atoms with E-state index >= 15 is 0 Å². The minimum absolute atomic E-state index is 0. The number of methoxy groups -OCH3 is 1. The molecule has 1 heterocycles. The standard InChI is InChI=1S/C18H27F3N4O.HI/c1-3-22-17(23-9-7-14-5-4-6-16(11-14)26-2)24-15-8-10-25(12-15)13-18(19,20)21;/h4-6,11,15H,3,7-10,12-13H2,1-2H3,(H2,22,23,24);1H. The summed E-state index contributed by atoms with van der Waals surface area (Å²) in [6.07, 6.45) is -2.71. The predicted molar refractivity (Wildman–Crippen MR) is 112 cm³/mol. The average molecular weight is 500 g/mol. The Kier molecular flexibility index (Phi) is 10.2. The highest BCUT2D eigenvalue weighted by molar-refractivity contribution is 14.0. The molecule has 5 nitrogen and oxygen atoms in total. The molecule has 0 saturated carbocycles. The second-order valence-electron chi connectivity index (χ2n) is 6.34. The number of likely N-dealkylation sites (tertiary alicyclic amines) is 1. The van der Waals surface area contributed by atoms with Crippen molar-refractivity contribution in [3.05, 3.63) is 29.8 Å². The van der Waals surface area contributed by atoms with Crippen LogP contribution in [0.3, 0.4) is 0 Å². The SMILES string of the molecule is CCNC(=NCCc1cccc(OC)c1)NC1CCN(CC(F)(F)F)C1.I. The Morgan fingerprint density at radius 2 is 2.15 bits per heavy atom. The quantitative estimate of drug-likeness (QED) is 0.344. The van der Waals surface area contributed by atoms with Gasteiger partial charge in [0.1, 0.15) is 5.75 Å². The van der Waals surface area contributed by atoms with E-state index in [-0.39, 0.29) is 30.0 Å². The van der Waals surface area contributed by atoms with Crippen LogP contribution >= 0.6 is 24.0 Å². The van der Waals surface area contributed by atoms with E-state index in [4.69, 9.17) is 4.74 Å². The molecule has 0 aliphatic carbocycles. The van der Waals surface area contributed by atoms with Gasteiger partial charge in [-0.1, -0.05) is 12.1 Å². The van der Waals surface area contributed by atoms with Crippen LogP contribution in [0.5, 0.6) is 5.75 Å². The Balaban J connectivity index is 0.00000364. The van der Waals surface area contributed by atoms with E-state index < -0.39 is 12.7 Å². The van der Waals surface area contributed by atoms with E-state index in [0.717, 1.165) is 17.7 Å². The number of nitrogens with one attached hydrogen (secondary N) is 2. The number of hydrogen-bond acceptors (Lipinski definition) is 3. The van der Waals surface area contributed by atoms with Crippen molar-refractivity contribution in [1.29, 1.82) is 0 Å². The van der Waals surface area contributed by atoms with Crippen molar-refractivity contribution in [3.63, 3.8) is 0 Å². The van der Waals surface area contributed by atoms with E-state index in [1.165, 1.54) is 4.90 Å². The monoisotopic (exact) mass is 500 g/mol. The van der Waals surface area contributed by atoms with Gasteiger partial charge in [-0.15, -0.1) is 24.0 Å². The molecular weight excluding hydrogens is 472 g/mol. The number of guanidine groups is 1. The lowest BCUT2D eigenvalue weighted by atomic mass is 10.1. The third kappa shape index (κ3) is 9.00. The Labute approximate surface area is 175 Å². The molecule has 0 amide bonds. The summed E-state index contributed by atoms with van der Waals surface area (Å²) in [7, 11) is 1.63. The Morgan fingerprint density at radius 1 is 1.37 bits per heavy atom. The van der Waals surface area contributed by atoms with Crippen LogP contribution in [0.15, 0.2) is 29.3 Å². The molecule has 0 radical (unpaired) electrons. The van der Waals surface area contributed by atoms with Crippen molar-refractivity contribution in [3.8, 4) is 5.75 Å². The van der Waals surface area contributed by atoms with E-state index in [1.54, 1.807) is 7.11 Å². The maximum Gasteiger partial charge on any atom is 0.401 e. The molecule has 154 valence electrons. The molecule has 1 unspecified atom stereocenters. The van der Waals surface area contributed by atoms with Crippen molar-refractivity contribution in [1.82, 2.24) is 15.5 Å². The fraction of sp³-hybridized carbons (Fsp3) is 0.611. The first-order valence-electron chi connectivity index (χ1n) is 8.86. The number of halogens is 4. The Bertz CT molecular complexity index is 598. The molecule has 2 N–H and O–H groups in total. The van der Waals surface area contributed by atoms with E-state index in [2.05, 4.69) is 15.6 Å². The second-order valence-corrected chi connectivity index (χ2v) is 6.34. The van der Waals surface area contributed by atoms with Gasteiger partial charge in [-0.2, -0.15) is 13.2 Å². The summed E-state index contributed by atoms with van der Waals surface area (Å²) in [6.45, 7) is 3.21. The zero-order valence-corrected chi connectivity index (χ0v) is 18.0. The highest BCUT2D eigenvalue weighted by Crippen LogP contribution is 2.20. The zero-order valence-electron chi connectivity index (χ0n) is 15.7. The first-order valence-corrected chi connectivity index (χ1v) is 8.86. The zero-order chi connectivity index (χ0) is 19.0. The first kappa shape index (κ1) is 23.8. The summed E-state index contributed by atoms with van der Waals surface area (Å²) < 4.78 is 42.7. The smallest absolute Gasteiger partial charge is 0.401 e. The van der Waals surface area contributed by atoms with Gasteiger partial charge in [0.15, 0.2) is 5.96 Å². The topological polar surface area (TPSA) is 48.9 Å². The van der Waals surface area contributed by atoms with Gasteiger partial charge in [-0.05, 0) is 37.5 Å². The van der Waals surface area contributed by atoms with Crippen LogP contribution in [0.2, 0.25) is 0 Å². The molecule has 1 aromatic rings. The van der Waals surface area contributed by atoms with Crippen LogP contribution in [0.25, 0.3) is 0 Å². The molecule has 0 spiro atoms. The lowest BCUT2D eigenvalue weighted by molar-refractivity contribution is -0.143. The van der Waals surface area contributed by atoms with Crippen LogP contribution in [0.4, 0.5) is 13.2 Å². The molecule has 0 aromatic heterocycles. The largest absolute Gasteiger partial charge is 0.497 e. The third-order valence-electron chi connectivity index (χ3n) is 4.16. The van der Waals surface area contributed by atoms with Crippen LogP contribution in [-0.2, 0) is 6.42 Å². The summed E-state index contributed by atoms with van der Waals surface area (Å²) in [4.78, 5) is 5.97. The number of hydrogen-bond donors (Lipinski definition) is 2. The van der Waals surface area contributed by atoms with E-state index in [1.807, 2.05) is 31.2 Å². The number of ether oxygens (including phenoxy) is 1. The number of aliphatic imine (C=N–C) groups is 1. The lowest BCUT2D eigenvalue weighted by Gasteiger charge is -2.19. The fourth-order valence-electron chi connectivity index (χ4n) is 2.99. The van der Waals surface area contributed by atoms with Gasteiger partial charge < -0.3 is 15.4 Å². The van der Waals surface area contributed by atoms with Crippen LogP contribution in [0.1, 0.15) is 18.9 Å². The van der Waals surface area contributed by atoms with Gasteiger partial charge in [0.2, 0.25) is 0 Å². The van der Waals surface area contributed by atoms with E-state index in [0.29, 0.717) is 38.6 Å². The van der Waals surface area contributed by atoms with Gasteiger partial charge in [0.25, 0.3) is 0 Å². The van der Waals surface area contributed by atoms with Crippen LogP contribution in [0, 0.1) is 0 Å². The second kappa shape index (κ2) is 11.6. The molecule has 1 atom stereocenters. The van der Waals surface area contributed by atoms with Gasteiger partial charge in [-0.25, -0.2) is 0 Å². The van der Waals surface area contributed by atoms with Crippen molar-refractivity contribution < 1.29 is 17.9 Å². The third-order valence-corrected chi connectivity index (χ3v) is 4.16. The molecule has 1 saturated heterocycles. The Morgan fingerprint density at radius 3 is 2.81 bits per heavy atom. The maximum absolute atomic E-state index is 12.5. The summed E-state index contributed by atoms with van der Waals surface area (Å²) >= 11 is 0. The van der Waals surface area contributed by atoms with Gasteiger partial charge in [0.05, 0.1) is 13.7 Å².